The topological polar surface area (TPSA) is 74.2 Å². The fourth-order valence-electron chi connectivity index (χ4n) is 2.79. The van der Waals surface area contributed by atoms with Gasteiger partial charge in [0, 0.05) is 18.0 Å². The molecule has 24 heavy (non-hydrogen) atoms. The monoisotopic (exact) mass is 337 g/mol. The summed E-state index contributed by atoms with van der Waals surface area (Å²) in [5.74, 6) is 0.748. The first kappa shape index (κ1) is 14.7. The number of nitrogens with zero attached hydrogens (tertiary/aromatic N) is 1. The van der Waals surface area contributed by atoms with E-state index in [-0.39, 0.29) is 17.6 Å². The molecule has 0 radical (unpaired) electrons. The van der Waals surface area contributed by atoms with Crippen molar-refractivity contribution in [3.05, 3.63) is 65.0 Å². The van der Waals surface area contributed by atoms with Crippen LogP contribution in [-0.2, 0) is 4.79 Å². The van der Waals surface area contributed by atoms with Gasteiger partial charge in [-0.1, -0.05) is 41.7 Å². The van der Waals surface area contributed by atoms with E-state index < -0.39 is 0 Å². The van der Waals surface area contributed by atoms with E-state index in [0.29, 0.717) is 12.2 Å². The number of phenols is 1. The minimum Gasteiger partial charge on any atom is -0.508 e. The molecule has 6 heteroatoms. The fraction of sp³-hybridized carbons (Fsp3) is 0.111. The first-order valence-electron chi connectivity index (χ1n) is 7.60. The highest BCUT2D eigenvalue weighted by molar-refractivity contribution is 7.16. The van der Waals surface area contributed by atoms with E-state index in [9.17, 15) is 9.90 Å². The van der Waals surface area contributed by atoms with E-state index in [1.165, 1.54) is 11.3 Å². The Labute approximate surface area is 143 Å². The number of amides is 1. The Morgan fingerprint density at radius 2 is 1.88 bits per heavy atom. The van der Waals surface area contributed by atoms with Gasteiger partial charge in [0.2, 0.25) is 5.91 Å². The van der Waals surface area contributed by atoms with E-state index in [2.05, 4.69) is 15.6 Å². The average Bonchev–Trinajstić information content (AvgIpc) is 2.98. The molecule has 0 saturated heterocycles. The molecule has 0 bridgehead atoms. The minimum absolute atomic E-state index is 0.0434. The molecule has 1 amide bonds. The first-order valence-corrected chi connectivity index (χ1v) is 8.42. The van der Waals surface area contributed by atoms with Crippen molar-refractivity contribution in [2.24, 2.45) is 0 Å². The number of para-hydroxylation sites is 1. The number of aromatic nitrogens is 1. The summed E-state index contributed by atoms with van der Waals surface area (Å²) in [7, 11) is 0. The summed E-state index contributed by atoms with van der Waals surface area (Å²) in [6.07, 6.45) is 0.380. The van der Waals surface area contributed by atoms with Crippen LogP contribution in [0.1, 0.15) is 22.8 Å². The molecule has 3 aromatic rings. The third kappa shape index (κ3) is 2.83. The number of rotatable bonds is 3. The summed E-state index contributed by atoms with van der Waals surface area (Å²) in [6.45, 7) is 0. The lowest BCUT2D eigenvalue weighted by Gasteiger charge is -2.21. The van der Waals surface area contributed by atoms with Crippen LogP contribution in [0.4, 0.5) is 16.6 Å². The molecule has 1 aliphatic heterocycles. The second kappa shape index (κ2) is 5.98. The molecule has 3 N–H and O–H groups in total. The number of hydrogen-bond donors (Lipinski definition) is 3. The Morgan fingerprint density at radius 1 is 1.12 bits per heavy atom. The average molecular weight is 337 g/mol. The first-order chi connectivity index (χ1) is 11.7. The maximum absolute atomic E-state index is 12.0. The van der Waals surface area contributed by atoms with E-state index >= 15 is 0 Å². The SMILES string of the molecule is O=C1C[C@H](c2ccc(O)cc2)c2sc(Nc3ccccc3)nc2N1. The lowest BCUT2D eigenvalue weighted by molar-refractivity contribution is -0.116. The van der Waals surface area contributed by atoms with Gasteiger partial charge >= 0.3 is 0 Å². The third-order valence-electron chi connectivity index (χ3n) is 3.94. The minimum atomic E-state index is -0.0443. The molecule has 120 valence electrons. The van der Waals surface area contributed by atoms with Gasteiger partial charge < -0.3 is 15.7 Å². The maximum Gasteiger partial charge on any atom is 0.226 e. The zero-order valence-electron chi connectivity index (χ0n) is 12.7. The molecule has 5 nitrogen and oxygen atoms in total. The smallest absolute Gasteiger partial charge is 0.226 e. The van der Waals surface area contributed by atoms with Crippen LogP contribution in [0.15, 0.2) is 54.6 Å². The summed E-state index contributed by atoms with van der Waals surface area (Å²) in [5, 5.41) is 16.3. The van der Waals surface area contributed by atoms with Gasteiger partial charge in [0.05, 0.1) is 4.88 Å². The standard InChI is InChI=1S/C18H15N3O2S/c22-13-8-6-11(7-9-13)14-10-15(23)20-17-16(14)24-18(21-17)19-12-4-2-1-3-5-12/h1-9,14,22H,10H2,(H,19,21)(H,20,23)/t14-/m1/s1. The highest BCUT2D eigenvalue weighted by Crippen LogP contribution is 2.43. The number of hydrogen-bond acceptors (Lipinski definition) is 5. The van der Waals surface area contributed by atoms with Gasteiger partial charge in [-0.15, -0.1) is 0 Å². The second-order valence-corrected chi connectivity index (χ2v) is 6.65. The predicted octanol–water partition coefficient (Wildman–Crippen LogP) is 4.07. The number of carbonyl (C=O) groups is 1. The molecule has 0 aliphatic carbocycles. The van der Waals surface area contributed by atoms with Gasteiger partial charge in [-0.05, 0) is 29.8 Å². The van der Waals surface area contributed by atoms with Gasteiger partial charge in [0.1, 0.15) is 11.6 Å². The van der Waals surface area contributed by atoms with E-state index in [0.717, 1.165) is 21.3 Å². The summed E-state index contributed by atoms with van der Waals surface area (Å²) in [6, 6.07) is 16.8. The molecular formula is C18H15N3O2S. The van der Waals surface area contributed by atoms with Crippen LogP contribution >= 0.6 is 11.3 Å². The zero-order chi connectivity index (χ0) is 16.5. The second-order valence-electron chi connectivity index (χ2n) is 5.62. The molecule has 1 aromatic heterocycles. The lowest BCUT2D eigenvalue weighted by Crippen LogP contribution is -2.22. The van der Waals surface area contributed by atoms with Gasteiger partial charge in [-0.25, -0.2) is 4.98 Å². The summed E-state index contributed by atoms with van der Waals surface area (Å²) in [5.41, 5.74) is 1.95. The van der Waals surface area contributed by atoms with Gasteiger partial charge in [-0.2, -0.15) is 0 Å². The van der Waals surface area contributed by atoms with Crippen molar-refractivity contribution in [3.8, 4) is 5.75 Å². The molecule has 2 heterocycles. The van der Waals surface area contributed by atoms with Crippen LogP contribution in [-0.4, -0.2) is 16.0 Å². The molecular weight excluding hydrogens is 322 g/mol. The van der Waals surface area contributed by atoms with Crippen molar-refractivity contribution < 1.29 is 9.90 Å². The molecule has 2 aromatic carbocycles. The van der Waals surface area contributed by atoms with E-state index in [1.807, 2.05) is 42.5 Å². The highest BCUT2D eigenvalue weighted by atomic mass is 32.1. The number of carbonyl (C=O) groups excluding carboxylic acids is 1. The van der Waals surface area contributed by atoms with Gasteiger partial charge in [0.15, 0.2) is 5.13 Å². The molecule has 0 fully saturated rings. The quantitative estimate of drug-likeness (QED) is 0.673. The predicted molar refractivity (Wildman–Crippen MR) is 95.0 cm³/mol. The lowest BCUT2D eigenvalue weighted by atomic mass is 9.91. The summed E-state index contributed by atoms with van der Waals surface area (Å²) < 4.78 is 0. The third-order valence-corrected chi connectivity index (χ3v) is 5.02. The van der Waals surface area contributed by atoms with Crippen molar-refractivity contribution in [2.75, 3.05) is 10.6 Å². The number of thiazole rings is 1. The van der Waals surface area contributed by atoms with Crippen molar-refractivity contribution in [1.29, 1.82) is 0 Å². The van der Waals surface area contributed by atoms with Crippen LogP contribution in [0.2, 0.25) is 0 Å². The molecule has 1 aliphatic rings. The van der Waals surface area contributed by atoms with Crippen LogP contribution < -0.4 is 10.6 Å². The Hall–Kier alpha value is -2.86. The van der Waals surface area contributed by atoms with E-state index in [1.54, 1.807) is 12.1 Å². The number of aromatic hydroxyl groups is 1. The summed E-state index contributed by atoms with van der Waals surface area (Å²) in [4.78, 5) is 17.6. The fourth-order valence-corrected chi connectivity index (χ4v) is 3.86. The van der Waals surface area contributed by atoms with Crippen LogP contribution in [0.5, 0.6) is 5.75 Å². The molecule has 0 spiro atoms. The Morgan fingerprint density at radius 3 is 2.62 bits per heavy atom. The van der Waals surface area contributed by atoms with Crippen LogP contribution in [0, 0.1) is 0 Å². The van der Waals surface area contributed by atoms with Crippen molar-refractivity contribution in [2.45, 2.75) is 12.3 Å². The van der Waals surface area contributed by atoms with Crippen molar-refractivity contribution in [1.82, 2.24) is 4.98 Å². The summed E-state index contributed by atoms with van der Waals surface area (Å²) >= 11 is 1.54. The number of nitrogens with one attached hydrogen (secondary N) is 2. The van der Waals surface area contributed by atoms with E-state index in [4.69, 9.17) is 0 Å². The normalized spacial score (nSPS) is 16.3. The molecule has 0 unspecified atom stereocenters. The maximum atomic E-state index is 12.0. The number of fused-ring (bicyclic) bond motifs is 1. The number of benzene rings is 2. The van der Waals surface area contributed by atoms with Gasteiger partial charge in [-0.3, -0.25) is 4.79 Å². The molecule has 1 atom stereocenters. The Balaban J connectivity index is 1.68. The Bertz CT molecular complexity index is 875. The van der Waals surface area contributed by atoms with Crippen molar-refractivity contribution in [3.63, 3.8) is 0 Å². The number of phenolic OH excluding ortho intramolecular Hbond substituents is 1. The van der Waals surface area contributed by atoms with Crippen LogP contribution in [0.3, 0.4) is 0 Å². The zero-order valence-corrected chi connectivity index (χ0v) is 13.5. The highest BCUT2D eigenvalue weighted by Gasteiger charge is 2.30. The Kier molecular flexibility index (Phi) is 3.66. The van der Waals surface area contributed by atoms with Crippen LogP contribution in [0.25, 0.3) is 0 Å². The molecule has 4 rings (SSSR count). The number of anilines is 3. The van der Waals surface area contributed by atoms with Crippen molar-refractivity contribution >= 4 is 33.9 Å². The largest absolute Gasteiger partial charge is 0.508 e. The molecule has 0 saturated carbocycles. The van der Waals surface area contributed by atoms with Gasteiger partial charge in [0.25, 0.3) is 0 Å².